The van der Waals surface area contributed by atoms with Crippen molar-refractivity contribution in [3.63, 3.8) is 0 Å². The molecule has 0 spiro atoms. The monoisotopic (exact) mass is 297 g/mol. The van der Waals surface area contributed by atoms with E-state index < -0.39 is 0 Å². The third-order valence-electron chi connectivity index (χ3n) is 3.37. The van der Waals surface area contributed by atoms with Crippen molar-refractivity contribution in [1.82, 2.24) is 9.55 Å². The first-order valence-corrected chi connectivity index (χ1v) is 7.16. The molecule has 21 heavy (non-hydrogen) atoms. The van der Waals surface area contributed by atoms with Gasteiger partial charge in [0.1, 0.15) is 0 Å². The van der Waals surface area contributed by atoms with Gasteiger partial charge < -0.3 is 5.32 Å². The number of aryl methyl sites for hydroxylation is 1. The smallest absolute Gasteiger partial charge is 0.212 e. The Labute approximate surface area is 129 Å². The summed E-state index contributed by atoms with van der Waals surface area (Å²) >= 11 is 6.17. The normalized spacial score (nSPS) is 10.6. The predicted molar refractivity (Wildman–Crippen MR) is 87.8 cm³/mol. The van der Waals surface area contributed by atoms with E-state index in [0.29, 0.717) is 0 Å². The minimum Gasteiger partial charge on any atom is -0.325 e. The second-order valence-corrected chi connectivity index (χ2v) is 5.36. The van der Waals surface area contributed by atoms with Gasteiger partial charge in [-0.05, 0) is 43.7 Å². The molecule has 0 saturated carbocycles. The topological polar surface area (TPSA) is 29.9 Å². The number of anilines is 2. The SMILES string of the molecule is Cc1cn(-c2ccccc2)c(Nc2cccc(Cl)c2C)n1. The molecule has 2 aromatic carbocycles. The average molecular weight is 298 g/mol. The van der Waals surface area contributed by atoms with Crippen molar-refractivity contribution in [3.8, 4) is 5.69 Å². The van der Waals surface area contributed by atoms with Crippen LogP contribution in [0.2, 0.25) is 5.02 Å². The summed E-state index contributed by atoms with van der Waals surface area (Å²) < 4.78 is 2.04. The molecule has 0 fully saturated rings. The zero-order valence-electron chi connectivity index (χ0n) is 12.0. The molecule has 0 aliphatic carbocycles. The van der Waals surface area contributed by atoms with E-state index in [1.165, 1.54) is 0 Å². The number of aromatic nitrogens is 2. The molecule has 106 valence electrons. The Morgan fingerprint density at radius 3 is 2.52 bits per heavy atom. The van der Waals surface area contributed by atoms with Gasteiger partial charge >= 0.3 is 0 Å². The van der Waals surface area contributed by atoms with Crippen molar-refractivity contribution in [2.45, 2.75) is 13.8 Å². The van der Waals surface area contributed by atoms with Crippen LogP contribution in [0.25, 0.3) is 5.69 Å². The minimum atomic E-state index is 0.745. The Bertz CT molecular complexity index is 763. The van der Waals surface area contributed by atoms with Gasteiger partial charge in [-0.25, -0.2) is 4.98 Å². The summed E-state index contributed by atoms with van der Waals surface area (Å²) in [6, 6.07) is 16.0. The second kappa shape index (κ2) is 5.62. The number of hydrogen-bond acceptors (Lipinski definition) is 2. The highest BCUT2D eigenvalue weighted by molar-refractivity contribution is 6.31. The van der Waals surface area contributed by atoms with Crippen LogP contribution in [0.3, 0.4) is 0 Å². The summed E-state index contributed by atoms with van der Waals surface area (Å²) in [6.07, 6.45) is 2.01. The Hall–Kier alpha value is -2.26. The van der Waals surface area contributed by atoms with Crippen LogP contribution >= 0.6 is 11.6 Å². The van der Waals surface area contributed by atoms with E-state index in [9.17, 15) is 0 Å². The van der Waals surface area contributed by atoms with Crippen molar-refractivity contribution in [2.24, 2.45) is 0 Å². The van der Waals surface area contributed by atoms with Gasteiger partial charge in [-0.15, -0.1) is 0 Å². The van der Waals surface area contributed by atoms with Crippen LogP contribution in [0, 0.1) is 13.8 Å². The van der Waals surface area contributed by atoms with Crippen LogP contribution in [0.4, 0.5) is 11.6 Å². The Morgan fingerprint density at radius 1 is 1.00 bits per heavy atom. The van der Waals surface area contributed by atoms with Crippen LogP contribution in [0.15, 0.2) is 54.7 Å². The van der Waals surface area contributed by atoms with Gasteiger partial charge in [-0.3, -0.25) is 4.57 Å². The van der Waals surface area contributed by atoms with Gasteiger partial charge in [-0.2, -0.15) is 0 Å². The molecule has 0 aliphatic heterocycles. The van der Waals surface area contributed by atoms with Gasteiger partial charge in [0, 0.05) is 22.6 Å². The molecule has 3 aromatic rings. The van der Waals surface area contributed by atoms with Crippen LogP contribution in [0.5, 0.6) is 0 Å². The van der Waals surface area contributed by atoms with Crippen LogP contribution in [0.1, 0.15) is 11.3 Å². The number of halogens is 1. The summed E-state index contributed by atoms with van der Waals surface area (Å²) in [4.78, 5) is 4.56. The van der Waals surface area contributed by atoms with E-state index in [1.54, 1.807) is 0 Å². The third kappa shape index (κ3) is 2.78. The predicted octanol–water partition coefficient (Wildman–Crippen LogP) is 4.89. The molecule has 0 aliphatic rings. The maximum Gasteiger partial charge on any atom is 0.212 e. The maximum absolute atomic E-state index is 6.17. The minimum absolute atomic E-state index is 0.745. The molecule has 0 saturated heterocycles. The van der Waals surface area contributed by atoms with Crippen LogP contribution in [-0.4, -0.2) is 9.55 Å². The van der Waals surface area contributed by atoms with E-state index in [2.05, 4.69) is 22.4 Å². The Kier molecular flexibility index (Phi) is 3.67. The summed E-state index contributed by atoms with van der Waals surface area (Å²) in [6.45, 7) is 3.97. The fraction of sp³-hybridized carbons (Fsp3) is 0.118. The fourth-order valence-electron chi connectivity index (χ4n) is 2.23. The molecule has 1 N–H and O–H groups in total. The molecule has 0 unspecified atom stereocenters. The lowest BCUT2D eigenvalue weighted by Gasteiger charge is -2.12. The quantitative estimate of drug-likeness (QED) is 0.746. The molecule has 4 heteroatoms. The highest BCUT2D eigenvalue weighted by Gasteiger charge is 2.09. The lowest BCUT2D eigenvalue weighted by atomic mass is 10.2. The first-order valence-electron chi connectivity index (χ1n) is 6.78. The molecule has 1 aromatic heterocycles. The van der Waals surface area contributed by atoms with Crippen molar-refractivity contribution in [3.05, 3.63) is 71.0 Å². The number of rotatable bonds is 3. The fourth-order valence-corrected chi connectivity index (χ4v) is 2.41. The van der Waals surface area contributed by atoms with Crippen molar-refractivity contribution in [1.29, 1.82) is 0 Å². The van der Waals surface area contributed by atoms with Gasteiger partial charge in [0.05, 0.1) is 5.69 Å². The molecule has 0 amide bonds. The number of nitrogens with zero attached hydrogens (tertiary/aromatic N) is 2. The van der Waals surface area contributed by atoms with Crippen molar-refractivity contribution in [2.75, 3.05) is 5.32 Å². The van der Waals surface area contributed by atoms with Gasteiger partial charge in [0.15, 0.2) is 0 Å². The summed E-state index contributed by atoms with van der Waals surface area (Å²) in [7, 11) is 0. The largest absolute Gasteiger partial charge is 0.325 e. The van der Waals surface area contributed by atoms with Gasteiger partial charge in [-0.1, -0.05) is 35.9 Å². The third-order valence-corrected chi connectivity index (χ3v) is 3.78. The zero-order chi connectivity index (χ0) is 14.8. The van der Waals surface area contributed by atoms with E-state index in [4.69, 9.17) is 11.6 Å². The summed E-state index contributed by atoms with van der Waals surface area (Å²) in [5, 5.41) is 4.11. The van der Waals surface area contributed by atoms with E-state index in [0.717, 1.165) is 33.6 Å². The average Bonchev–Trinajstić information content (AvgIpc) is 2.86. The Balaban J connectivity index is 2.02. The second-order valence-electron chi connectivity index (χ2n) is 4.95. The van der Waals surface area contributed by atoms with Gasteiger partial charge in [0.2, 0.25) is 5.95 Å². The number of nitrogens with one attached hydrogen (secondary N) is 1. The molecular weight excluding hydrogens is 282 g/mol. The molecule has 3 nitrogen and oxygen atoms in total. The number of hydrogen-bond donors (Lipinski definition) is 1. The van der Waals surface area contributed by atoms with E-state index in [1.807, 2.05) is 61.0 Å². The number of imidazole rings is 1. The number of benzene rings is 2. The molecule has 0 atom stereocenters. The molecule has 0 radical (unpaired) electrons. The van der Waals surface area contributed by atoms with Crippen molar-refractivity contribution < 1.29 is 0 Å². The molecule has 0 bridgehead atoms. The molecule has 1 heterocycles. The Morgan fingerprint density at radius 2 is 1.76 bits per heavy atom. The van der Waals surface area contributed by atoms with Gasteiger partial charge in [0.25, 0.3) is 0 Å². The van der Waals surface area contributed by atoms with Crippen LogP contribution in [-0.2, 0) is 0 Å². The lowest BCUT2D eigenvalue weighted by Crippen LogP contribution is -2.02. The maximum atomic E-state index is 6.17. The zero-order valence-corrected chi connectivity index (χ0v) is 12.7. The first kappa shape index (κ1) is 13.7. The van der Waals surface area contributed by atoms with Crippen molar-refractivity contribution >= 4 is 23.2 Å². The van der Waals surface area contributed by atoms with E-state index in [-0.39, 0.29) is 0 Å². The highest BCUT2D eigenvalue weighted by atomic mass is 35.5. The molecular formula is C17H16ClN3. The highest BCUT2D eigenvalue weighted by Crippen LogP contribution is 2.27. The first-order chi connectivity index (χ1) is 10.1. The summed E-state index contributed by atoms with van der Waals surface area (Å²) in [5.74, 6) is 0.782. The lowest BCUT2D eigenvalue weighted by molar-refractivity contribution is 1.06. The number of para-hydroxylation sites is 1. The standard InChI is InChI=1S/C17H16ClN3/c1-12-11-21(14-7-4-3-5-8-14)17(19-12)20-16-10-6-9-15(18)13(16)2/h3-11H,1-2H3,(H,19,20). The van der Waals surface area contributed by atoms with E-state index >= 15 is 0 Å². The van der Waals surface area contributed by atoms with Crippen LogP contribution < -0.4 is 5.32 Å². The summed E-state index contributed by atoms with van der Waals surface area (Å²) in [5.41, 5.74) is 4.01. The molecule has 3 rings (SSSR count).